The highest BCUT2D eigenvalue weighted by atomic mass is 31.2. The van der Waals surface area contributed by atoms with Gasteiger partial charge >= 0.3 is 0 Å². The van der Waals surface area contributed by atoms with E-state index < -0.39 is 14.3 Å². The largest absolute Gasteiger partial charge is 0.300 e. The highest BCUT2D eigenvalue weighted by molar-refractivity contribution is 7.83. The van der Waals surface area contributed by atoms with Crippen molar-refractivity contribution in [3.8, 4) is 23.2 Å². The van der Waals surface area contributed by atoms with Crippen molar-refractivity contribution in [3.05, 3.63) is 156 Å². The van der Waals surface area contributed by atoms with E-state index >= 15 is 0 Å². The van der Waals surface area contributed by atoms with E-state index in [2.05, 4.69) is 49.1 Å². The minimum Gasteiger partial charge on any atom is -0.300 e. The van der Waals surface area contributed by atoms with Crippen LogP contribution in [0.2, 0.25) is 0 Å². The number of hydrogen-bond donors (Lipinski definition) is 0. The first-order valence-electron chi connectivity index (χ1n) is 18.1. The average molecular weight is 695 g/mol. The molecule has 0 aliphatic heterocycles. The van der Waals surface area contributed by atoms with E-state index in [0.29, 0.717) is 0 Å². The van der Waals surface area contributed by atoms with Crippen LogP contribution in [0.4, 0.5) is 0 Å². The number of aryl methyl sites for hydroxylation is 2. The molecular weight excluding hydrogens is 646 g/mol. The monoisotopic (exact) mass is 694 g/mol. The normalized spacial score (nSPS) is 11.2. The van der Waals surface area contributed by atoms with Gasteiger partial charge in [0.2, 0.25) is 14.3 Å². The van der Waals surface area contributed by atoms with Gasteiger partial charge in [0.1, 0.15) is 0 Å². The zero-order chi connectivity index (χ0) is 35.1. The summed E-state index contributed by atoms with van der Waals surface area (Å²) in [6, 6.07) is 42.9. The van der Waals surface area contributed by atoms with Gasteiger partial charge in [0.15, 0.2) is 0 Å². The van der Waals surface area contributed by atoms with Crippen LogP contribution in [0.15, 0.2) is 133 Å². The van der Waals surface area contributed by atoms with E-state index in [1.165, 1.54) is 12.8 Å². The molecule has 0 atom stereocenters. The highest BCUT2D eigenvalue weighted by Gasteiger charge is 2.26. The van der Waals surface area contributed by atoms with Gasteiger partial charge in [0, 0.05) is 32.3 Å². The maximum Gasteiger partial charge on any atom is 0.211 e. The molecule has 0 radical (unpaired) electrons. The van der Waals surface area contributed by atoms with Gasteiger partial charge in [-0.05, 0) is 60.3 Å². The van der Waals surface area contributed by atoms with Gasteiger partial charge in [-0.1, -0.05) is 186 Å². The fourth-order valence-corrected chi connectivity index (χ4v) is 10.2. The molecule has 254 valence electrons. The summed E-state index contributed by atoms with van der Waals surface area (Å²) < 4.78 is 29.7. The maximum atomic E-state index is 14.9. The van der Waals surface area contributed by atoms with E-state index in [4.69, 9.17) is 0 Å². The number of unbranched alkanes of at least 4 members (excludes halogenated alkanes) is 6. The molecule has 0 aliphatic rings. The first-order chi connectivity index (χ1) is 24.5. The Morgan fingerprint density at radius 2 is 0.720 bits per heavy atom. The molecule has 0 spiro atoms. The molecular formula is C46H48O2P2. The quantitative estimate of drug-likeness (QED) is 0.0659. The van der Waals surface area contributed by atoms with Crippen molar-refractivity contribution in [1.29, 1.82) is 0 Å². The Balaban J connectivity index is 1.67. The lowest BCUT2D eigenvalue weighted by atomic mass is 9.92. The zero-order valence-corrected chi connectivity index (χ0v) is 31.3. The molecule has 0 N–H and O–H groups in total. The lowest BCUT2D eigenvalue weighted by Gasteiger charge is -2.15. The second kappa shape index (κ2) is 18.6. The molecule has 0 saturated heterocycles. The smallest absolute Gasteiger partial charge is 0.211 e. The Hall–Kier alpha value is -4.32. The van der Waals surface area contributed by atoms with Crippen LogP contribution in [0, 0.1) is 23.2 Å². The molecule has 5 aromatic rings. The van der Waals surface area contributed by atoms with E-state index in [-0.39, 0.29) is 0 Å². The molecule has 0 aromatic heterocycles. The first kappa shape index (κ1) is 36.9. The molecule has 0 amide bonds. The minimum atomic E-state index is -3.23. The van der Waals surface area contributed by atoms with Crippen molar-refractivity contribution in [2.24, 2.45) is 0 Å². The standard InChI is InChI=1S/C46H48O2P2/c1-3-5-7-13-23-39-37-42(34-36-50(48,45-29-19-11-20-30-45)46-31-21-12-22-32-46)40(24-14-8-6-4-2)38-41(39)33-35-49(47,43-25-15-9-16-26-43)44-27-17-10-18-28-44/h9-12,15-22,25-32,37-38H,3-8,13-14,23-24H2,1-2H3. The minimum absolute atomic E-state index is 0.739. The summed E-state index contributed by atoms with van der Waals surface area (Å²) in [5.41, 5.74) is 10.7. The molecule has 0 aliphatic carbocycles. The van der Waals surface area contributed by atoms with Crippen molar-refractivity contribution < 1.29 is 9.13 Å². The van der Waals surface area contributed by atoms with Gasteiger partial charge in [0.05, 0.1) is 0 Å². The summed E-state index contributed by atoms with van der Waals surface area (Å²) >= 11 is 0. The molecule has 0 unspecified atom stereocenters. The Labute approximate surface area is 300 Å². The van der Waals surface area contributed by atoms with Crippen molar-refractivity contribution >= 4 is 35.5 Å². The third-order valence-corrected chi connectivity index (χ3v) is 14.1. The van der Waals surface area contributed by atoms with E-state index in [0.717, 1.165) is 94.8 Å². The van der Waals surface area contributed by atoms with Crippen LogP contribution >= 0.6 is 14.3 Å². The number of hydrogen-bond acceptors (Lipinski definition) is 2. The van der Waals surface area contributed by atoms with Crippen LogP contribution in [0.25, 0.3) is 0 Å². The fraction of sp³-hybridized carbons (Fsp3) is 0.261. The average Bonchev–Trinajstić information content (AvgIpc) is 3.18. The summed E-state index contributed by atoms with van der Waals surface area (Å²) in [6.07, 6.45) is 10.7. The van der Waals surface area contributed by atoms with Crippen molar-refractivity contribution in [2.75, 3.05) is 0 Å². The summed E-state index contributed by atoms with van der Waals surface area (Å²) in [5, 5.41) is 2.96. The molecule has 0 saturated carbocycles. The van der Waals surface area contributed by atoms with Crippen LogP contribution < -0.4 is 21.2 Å². The van der Waals surface area contributed by atoms with Gasteiger partial charge in [-0.15, -0.1) is 0 Å². The molecule has 5 aromatic carbocycles. The van der Waals surface area contributed by atoms with E-state index in [1.807, 2.05) is 121 Å². The molecule has 4 heteroatoms. The number of benzene rings is 5. The van der Waals surface area contributed by atoms with Crippen molar-refractivity contribution in [1.82, 2.24) is 0 Å². The van der Waals surface area contributed by atoms with Gasteiger partial charge in [-0.25, -0.2) is 0 Å². The molecule has 5 rings (SSSR count). The van der Waals surface area contributed by atoms with E-state index in [9.17, 15) is 9.13 Å². The topological polar surface area (TPSA) is 34.1 Å². The lowest BCUT2D eigenvalue weighted by Crippen LogP contribution is -2.14. The van der Waals surface area contributed by atoms with Crippen LogP contribution in [0.1, 0.15) is 87.5 Å². The van der Waals surface area contributed by atoms with Gasteiger partial charge < -0.3 is 0 Å². The Morgan fingerprint density at radius 1 is 0.420 bits per heavy atom. The summed E-state index contributed by atoms with van der Waals surface area (Å²) in [6.45, 7) is 4.45. The van der Waals surface area contributed by atoms with Crippen molar-refractivity contribution in [2.45, 2.75) is 78.1 Å². The van der Waals surface area contributed by atoms with Gasteiger partial charge in [-0.2, -0.15) is 0 Å². The summed E-state index contributed by atoms with van der Waals surface area (Å²) in [5.74, 6) is 6.94. The third-order valence-electron chi connectivity index (χ3n) is 9.10. The first-order valence-corrected chi connectivity index (χ1v) is 21.5. The zero-order valence-electron chi connectivity index (χ0n) is 29.5. The van der Waals surface area contributed by atoms with Gasteiger partial charge in [0.25, 0.3) is 0 Å². The van der Waals surface area contributed by atoms with Gasteiger partial charge in [-0.3, -0.25) is 9.13 Å². The second-order valence-electron chi connectivity index (χ2n) is 12.8. The molecule has 0 heterocycles. The van der Waals surface area contributed by atoms with Crippen LogP contribution in [-0.4, -0.2) is 0 Å². The van der Waals surface area contributed by atoms with Crippen LogP contribution in [0.3, 0.4) is 0 Å². The molecule has 50 heavy (non-hydrogen) atoms. The van der Waals surface area contributed by atoms with Crippen LogP contribution in [0.5, 0.6) is 0 Å². The Kier molecular flexibility index (Phi) is 13.8. The molecule has 2 nitrogen and oxygen atoms in total. The highest BCUT2D eigenvalue weighted by Crippen LogP contribution is 2.43. The van der Waals surface area contributed by atoms with E-state index in [1.54, 1.807) is 0 Å². The lowest BCUT2D eigenvalue weighted by molar-refractivity contribution is 0.592. The van der Waals surface area contributed by atoms with Crippen molar-refractivity contribution in [3.63, 3.8) is 0 Å². The summed E-state index contributed by atoms with van der Waals surface area (Å²) in [7, 11) is -6.46. The molecule has 0 fully saturated rings. The fourth-order valence-electron chi connectivity index (χ4n) is 6.21. The molecule has 0 bridgehead atoms. The maximum absolute atomic E-state index is 14.9. The predicted octanol–water partition coefficient (Wildman–Crippen LogP) is 10.6. The Bertz CT molecular complexity index is 1790. The number of rotatable bonds is 14. The van der Waals surface area contributed by atoms with Crippen LogP contribution in [-0.2, 0) is 22.0 Å². The second-order valence-corrected chi connectivity index (χ2v) is 17.8. The SMILES string of the molecule is CCCCCCc1cc(C#CP(=O)(c2ccccc2)c2ccccc2)c(CCCCCC)cc1C#CP(=O)(c1ccccc1)c1ccccc1. The predicted molar refractivity (Wildman–Crippen MR) is 215 cm³/mol. The third kappa shape index (κ3) is 9.47. The summed E-state index contributed by atoms with van der Waals surface area (Å²) in [4.78, 5) is 0. The Morgan fingerprint density at radius 3 is 1.00 bits per heavy atom.